The summed E-state index contributed by atoms with van der Waals surface area (Å²) in [5.41, 5.74) is 1.53. The molecule has 0 aliphatic heterocycles. The summed E-state index contributed by atoms with van der Waals surface area (Å²) in [5.74, 6) is 0.885. The second-order valence-electron chi connectivity index (χ2n) is 5.56. The van der Waals surface area contributed by atoms with E-state index in [1.54, 1.807) is 43.5 Å². The fraction of sp³-hybridized carbons (Fsp3) is 0.350. The average Bonchev–Trinajstić information content (AvgIpc) is 2.62. The normalized spacial score (nSPS) is 11.8. The lowest BCUT2D eigenvalue weighted by Crippen LogP contribution is -2.08. The van der Waals surface area contributed by atoms with Crippen LogP contribution in [0.15, 0.2) is 48.5 Å². The van der Waals surface area contributed by atoms with Gasteiger partial charge in [-0.2, -0.15) is 0 Å². The van der Waals surface area contributed by atoms with E-state index in [-0.39, 0.29) is 12.1 Å². The molecule has 0 aromatic heterocycles. The molecule has 0 saturated carbocycles. The average molecular weight is 328 g/mol. The Kier molecular flexibility index (Phi) is 6.82. The van der Waals surface area contributed by atoms with Crippen LogP contribution in [0.5, 0.6) is 11.5 Å². The number of rotatable bonds is 8. The van der Waals surface area contributed by atoms with Crippen LogP contribution in [-0.2, 0) is 4.74 Å². The predicted octanol–water partition coefficient (Wildman–Crippen LogP) is 4.79. The SMILES string of the molecule is CCCCOc1ccc(C(=O)Oc2ccc(C(C)OC)cc2)cc1. The topological polar surface area (TPSA) is 44.8 Å². The van der Waals surface area contributed by atoms with Crippen molar-refractivity contribution in [2.75, 3.05) is 13.7 Å². The Labute approximate surface area is 143 Å². The van der Waals surface area contributed by atoms with E-state index in [9.17, 15) is 4.79 Å². The first-order chi connectivity index (χ1) is 11.6. The lowest BCUT2D eigenvalue weighted by Gasteiger charge is -2.10. The fourth-order valence-electron chi connectivity index (χ4n) is 2.13. The van der Waals surface area contributed by atoms with Gasteiger partial charge in [-0.15, -0.1) is 0 Å². The molecule has 4 nitrogen and oxygen atoms in total. The Hall–Kier alpha value is -2.33. The summed E-state index contributed by atoms with van der Waals surface area (Å²) in [7, 11) is 1.66. The van der Waals surface area contributed by atoms with E-state index in [2.05, 4.69) is 6.92 Å². The summed E-state index contributed by atoms with van der Waals surface area (Å²) >= 11 is 0. The van der Waals surface area contributed by atoms with Crippen molar-refractivity contribution in [1.82, 2.24) is 0 Å². The van der Waals surface area contributed by atoms with Crippen LogP contribution in [0.3, 0.4) is 0 Å². The van der Waals surface area contributed by atoms with Crippen molar-refractivity contribution in [1.29, 1.82) is 0 Å². The number of ether oxygens (including phenoxy) is 3. The van der Waals surface area contributed by atoms with Gasteiger partial charge in [0.05, 0.1) is 18.3 Å². The number of hydrogen-bond donors (Lipinski definition) is 0. The highest BCUT2D eigenvalue weighted by Crippen LogP contribution is 2.21. The first-order valence-corrected chi connectivity index (χ1v) is 8.21. The molecule has 0 spiro atoms. The standard InChI is InChI=1S/C20H24O4/c1-4-5-14-23-18-10-8-17(9-11-18)20(21)24-19-12-6-16(7-13-19)15(2)22-3/h6-13,15H,4-5,14H2,1-3H3. The van der Waals surface area contributed by atoms with Crippen LogP contribution in [0.1, 0.15) is 48.7 Å². The van der Waals surface area contributed by atoms with Crippen LogP contribution in [0, 0.1) is 0 Å². The fourth-order valence-corrected chi connectivity index (χ4v) is 2.13. The lowest BCUT2D eigenvalue weighted by molar-refractivity contribution is 0.0734. The van der Waals surface area contributed by atoms with Crippen LogP contribution >= 0.6 is 0 Å². The summed E-state index contributed by atoms with van der Waals surface area (Å²) in [6.45, 7) is 4.77. The van der Waals surface area contributed by atoms with Crippen molar-refractivity contribution in [2.45, 2.75) is 32.8 Å². The van der Waals surface area contributed by atoms with Gasteiger partial charge in [-0.05, 0) is 55.3 Å². The number of benzene rings is 2. The molecule has 0 amide bonds. The summed E-state index contributed by atoms with van der Waals surface area (Å²) in [5, 5.41) is 0. The first kappa shape index (κ1) is 18.0. The van der Waals surface area contributed by atoms with Crippen molar-refractivity contribution in [3.05, 3.63) is 59.7 Å². The van der Waals surface area contributed by atoms with Crippen LogP contribution in [-0.4, -0.2) is 19.7 Å². The predicted molar refractivity (Wildman–Crippen MR) is 93.7 cm³/mol. The molecule has 0 N–H and O–H groups in total. The first-order valence-electron chi connectivity index (χ1n) is 8.21. The Morgan fingerprint density at radius 3 is 2.21 bits per heavy atom. The van der Waals surface area contributed by atoms with Crippen molar-refractivity contribution < 1.29 is 19.0 Å². The second kappa shape index (κ2) is 9.08. The molecule has 1 atom stereocenters. The third-order valence-corrected chi connectivity index (χ3v) is 3.77. The van der Waals surface area contributed by atoms with Gasteiger partial charge >= 0.3 is 5.97 Å². The molecule has 0 saturated heterocycles. The number of methoxy groups -OCH3 is 1. The molecule has 2 rings (SSSR count). The van der Waals surface area contributed by atoms with Gasteiger partial charge < -0.3 is 14.2 Å². The van der Waals surface area contributed by atoms with Crippen LogP contribution in [0.4, 0.5) is 0 Å². The van der Waals surface area contributed by atoms with E-state index in [1.807, 2.05) is 19.1 Å². The highest BCUT2D eigenvalue weighted by Gasteiger charge is 2.10. The van der Waals surface area contributed by atoms with E-state index in [4.69, 9.17) is 14.2 Å². The third kappa shape index (κ3) is 5.10. The third-order valence-electron chi connectivity index (χ3n) is 3.77. The molecule has 0 aliphatic carbocycles. The molecule has 4 heteroatoms. The maximum atomic E-state index is 12.2. The molecule has 24 heavy (non-hydrogen) atoms. The summed E-state index contributed by atoms with van der Waals surface area (Å²) in [6, 6.07) is 14.3. The van der Waals surface area contributed by atoms with Crippen molar-refractivity contribution in [3.8, 4) is 11.5 Å². The van der Waals surface area contributed by atoms with Crippen molar-refractivity contribution >= 4 is 5.97 Å². The number of carbonyl (C=O) groups is 1. The van der Waals surface area contributed by atoms with Gasteiger partial charge in [0.2, 0.25) is 0 Å². The molecular weight excluding hydrogens is 304 g/mol. The van der Waals surface area contributed by atoms with Gasteiger partial charge in [-0.3, -0.25) is 0 Å². The van der Waals surface area contributed by atoms with Gasteiger partial charge in [0.15, 0.2) is 0 Å². The van der Waals surface area contributed by atoms with Crippen LogP contribution in [0.2, 0.25) is 0 Å². The van der Waals surface area contributed by atoms with Gasteiger partial charge in [0.1, 0.15) is 11.5 Å². The quantitative estimate of drug-likeness (QED) is 0.397. The van der Waals surface area contributed by atoms with Gasteiger partial charge in [0.25, 0.3) is 0 Å². The lowest BCUT2D eigenvalue weighted by atomic mass is 10.1. The largest absolute Gasteiger partial charge is 0.494 e. The highest BCUT2D eigenvalue weighted by molar-refractivity contribution is 5.91. The Bertz CT molecular complexity index is 632. The minimum atomic E-state index is -0.386. The molecule has 0 heterocycles. The molecule has 2 aromatic carbocycles. The summed E-state index contributed by atoms with van der Waals surface area (Å²) in [6.07, 6.45) is 2.11. The molecule has 0 fully saturated rings. The summed E-state index contributed by atoms with van der Waals surface area (Å²) in [4.78, 5) is 12.2. The zero-order valence-electron chi connectivity index (χ0n) is 14.5. The monoisotopic (exact) mass is 328 g/mol. The molecule has 2 aromatic rings. The summed E-state index contributed by atoms with van der Waals surface area (Å²) < 4.78 is 16.2. The zero-order chi connectivity index (χ0) is 17.4. The number of esters is 1. The number of carbonyl (C=O) groups excluding carboxylic acids is 1. The Morgan fingerprint density at radius 1 is 1.00 bits per heavy atom. The highest BCUT2D eigenvalue weighted by atomic mass is 16.5. The van der Waals surface area contributed by atoms with Crippen molar-refractivity contribution in [2.24, 2.45) is 0 Å². The maximum absolute atomic E-state index is 12.2. The van der Waals surface area contributed by atoms with Gasteiger partial charge in [-0.25, -0.2) is 4.79 Å². The minimum absolute atomic E-state index is 0.00926. The number of unbranched alkanes of at least 4 members (excludes halogenated alkanes) is 1. The van der Waals surface area contributed by atoms with Gasteiger partial charge in [0, 0.05) is 7.11 Å². The zero-order valence-corrected chi connectivity index (χ0v) is 14.5. The van der Waals surface area contributed by atoms with Crippen LogP contribution < -0.4 is 9.47 Å². The smallest absolute Gasteiger partial charge is 0.343 e. The van der Waals surface area contributed by atoms with E-state index in [1.165, 1.54) is 0 Å². The molecule has 0 bridgehead atoms. The molecular formula is C20H24O4. The van der Waals surface area contributed by atoms with Crippen LogP contribution in [0.25, 0.3) is 0 Å². The minimum Gasteiger partial charge on any atom is -0.494 e. The van der Waals surface area contributed by atoms with Crippen molar-refractivity contribution in [3.63, 3.8) is 0 Å². The maximum Gasteiger partial charge on any atom is 0.343 e. The van der Waals surface area contributed by atoms with E-state index in [0.29, 0.717) is 17.9 Å². The Morgan fingerprint density at radius 2 is 1.62 bits per heavy atom. The number of hydrogen-bond acceptors (Lipinski definition) is 4. The van der Waals surface area contributed by atoms with Gasteiger partial charge in [-0.1, -0.05) is 25.5 Å². The Balaban J connectivity index is 1.94. The van der Waals surface area contributed by atoms with E-state index in [0.717, 1.165) is 24.2 Å². The van der Waals surface area contributed by atoms with E-state index >= 15 is 0 Å². The molecule has 0 radical (unpaired) electrons. The molecule has 1 unspecified atom stereocenters. The van der Waals surface area contributed by atoms with E-state index < -0.39 is 0 Å². The molecule has 0 aliphatic rings. The molecule has 128 valence electrons. The second-order valence-corrected chi connectivity index (χ2v) is 5.56.